The quantitative estimate of drug-likeness (QED) is 0.653. The summed E-state index contributed by atoms with van der Waals surface area (Å²) in [5.41, 5.74) is 2.19. The maximum Gasteiger partial charge on any atom is 0.0705 e. The summed E-state index contributed by atoms with van der Waals surface area (Å²) in [5, 5.41) is 4.78. The highest BCUT2D eigenvalue weighted by atomic mass is 127. The van der Waals surface area contributed by atoms with Gasteiger partial charge < -0.3 is 5.32 Å². The average Bonchev–Trinajstić information content (AvgIpc) is 2.39. The summed E-state index contributed by atoms with van der Waals surface area (Å²) in [6, 6.07) is 13.1. The Morgan fingerprint density at radius 2 is 1.94 bits per heavy atom. The molecule has 1 unspecified atom stereocenters. The number of fused-ring (bicyclic) bond motifs is 1. The van der Waals surface area contributed by atoms with Crippen molar-refractivity contribution >= 4 is 33.5 Å². The Morgan fingerprint density at radius 1 is 1.17 bits per heavy atom. The molecule has 0 saturated carbocycles. The smallest absolute Gasteiger partial charge is 0.0705 e. The van der Waals surface area contributed by atoms with E-state index in [4.69, 9.17) is 0 Å². The highest BCUT2D eigenvalue weighted by molar-refractivity contribution is 14.1. The molecule has 0 spiro atoms. The van der Waals surface area contributed by atoms with Crippen LogP contribution in [0, 0.1) is 5.92 Å². The minimum Gasteiger partial charge on any atom is -0.307 e. The first-order valence-electron chi connectivity index (χ1n) is 6.34. The molecule has 2 nitrogen and oxygen atoms in total. The van der Waals surface area contributed by atoms with Crippen molar-refractivity contribution in [3.63, 3.8) is 0 Å². The van der Waals surface area contributed by atoms with Crippen LogP contribution in [0.1, 0.15) is 19.5 Å². The second-order valence-corrected chi connectivity index (χ2v) is 5.76. The molecule has 2 aromatic rings. The number of para-hydroxylation sites is 1. The van der Waals surface area contributed by atoms with Gasteiger partial charge in [-0.05, 0) is 18.1 Å². The molecule has 0 aliphatic carbocycles. The molecule has 0 aliphatic heterocycles. The predicted molar refractivity (Wildman–Crippen MR) is 86.1 cm³/mol. The molecule has 0 radical (unpaired) electrons. The first-order valence-corrected chi connectivity index (χ1v) is 7.87. The molecule has 1 aromatic heterocycles. The lowest BCUT2D eigenvalue weighted by Crippen LogP contribution is -2.34. The topological polar surface area (TPSA) is 24.9 Å². The molecule has 0 saturated heterocycles. The number of nitrogens with one attached hydrogen (secondary N) is 1. The molecule has 3 heteroatoms. The summed E-state index contributed by atoms with van der Waals surface area (Å²) in [4.78, 5) is 4.68. The van der Waals surface area contributed by atoms with E-state index in [2.05, 4.69) is 71.0 Å². The monoisotopic (exact) mass is 354 g/mol. The van der Waals surface area contributed by atoms with Gasteiger partial charge in [-0.15, -0.1) is 0 Å². The number of aromatic nitrogens is 1. The number of nitrogens with zero attached hydrogens (tertiary/aromatic N) is 1. The van der Waals surface area contributed by atoms with E-state index in [0.717, 1.165) is 22.2 Å². The van der Waals surface area contributed by atoms with E-state index in [0.29, 0.717) is 12.0 Å². The van der Waals surface area contributed by atoms with Gasteiger partial charge in [0.2, 0.25) is 0 Å². The van der Waals surface area contributed by atoms with Crippen molar-refractivity contribution in [3.8, 4) is 0 Å². The van der Waals surface area contributed by atoms with Gasteiger partial charge in [-0.2, -0.15) is 0 Å². The number of halogens is 1. The van der Waals surface area contributed by atoms with Crippen LogP contribution in [-0.4, -0.2) is 15.5 Å². The third-order valence-corrected chi connectivity index (χ3v) is 4.12. The predicted octanol–water partition coefficient (Wildman–Crippen LogP) is 3.78. The van der Waals surface area contributed by atoms with E-state index in [1.165, 1.54) is 5.39 Å². The summed E-state index contributed by atoms with van der Waals surface area (Å²) in [6.07, 6.45) is 0. The van der Waals surface area contributed by atoms with Crippen LogP contribution < -0.4 is 5.32 Å². The largest absolute Gasteiger partial charge is 0.307 e. The van der Waals surface area contributed by atoms with Gasteiger partial charge in [-0.25, -0.2) is 0 Å². The molecule has 0 fully saturated rings. The van der Waals surface area contributed by atoms with Crippen LogP contribution in [0.5, 0.6) is 0 Å². The van der Waals surface area contributed by atoms with Crippen LogP contribution in [0.2, 0.25) is 0 Å². The highest BCUT2D eigenvalue weighted by Gasteiger charge is 2.10. The minimum atomic E-state index is 0.555. The Bertz CT molecular complexity index is 511. The number of alkyl halides is 1. The molecule has 2 rings (SSSR count). The van der Waals surface area contributed by atoms with E-state index in [1.54, 1.807) is 0 Å². The molecule has 1 N–H and O–H groups in total. The van der Waals surface area contributed by atoms with Gasteiger partial charge in [0.15, 0.2) is 0 Å². The highest BCUT2D eigenvalue weighted by Crippen LogP contribution is 2.12. The van der Waals surface area contributed by atoms with Gasteiger partial charge in [-0.1, -0.05) is 60.7 Å². The lowest BCUT2D eigenvalue weighted by Gasteiger charge is -2.19. The van der Waals surface area contributed by atoms with E-state index < -0.39 is 0 Å². The molecule has 0 bridgehead atoms. The van der Waals surface area contributed by atoms with E-state index in [-0.39, 0.29) is 0 Å². The van der Waals surface area contributed by atoms with E-state index in [1.807, 2.05) is 12.1 Å². The summed E-state index contributed by atoms with van der Waals surface area (Å²) in [6.45, 7) is 5.35. The molecule has 1 heterocycles. The molecule has 1 aromatic carbocycles. The van der Waals surface area contributed by atoms with Gasteiger partial charge in [0.25, 0.3) is 0 Å². The summed E-state index contributed by atoms with van der Waals surface area (Å²) < 4.78 is 1.13. The van der Waals surface area contributed by atoms with Crippen molar-refractivity contribution in [1.82, 2.24) is 10.3 Å². The van der Waals surface area contributed by atoms with Crippen LogP contribution in [0.15, 0.2) is 36.4 Å². The molecule has 0 amide bonds. The van der Waals surface area contributed by atoms with E-state index >= 15 is 0 Å². The molecule has 96 valence electrons. The zero-order chi connectivity index (χ0) is 13.0. The lowest BCUT2D eigenvalue weighted by molar-refractivity contribution is 0.434. The second-order valence-electron chi connectivity index (χ2n) is 4.88. The summed E-state index contributed by atoms with van der Waals surface area (Å²) in [7, 11) is 0. The number of rotatable bonds is 5. The van der Waals surface area contributed by atoms with Gasteiger partial charge in [0, 0.05) is 22.4 Å². The van der Waals surface area contributed by atoms with E-state index in [9.17, 15) is 0 Å². The number of pyridine rings is 1. The van der Waals surface area contributed by atoms with Crippen molar-refractivity contribution < 1.29 is 0 Å². The maximum absolute atomic E-state index is 4.68. The molecule has 18 heavy (non-hydrogen) atoms. The zero-order valence-corrected chi connectivity index (χ0v) is 13.0. The third kappa shape index (κ3) is 3.42. The Labute approximate surface area is 122 Å². The number of hydrogen-bond acceptors (Lipinski definition) is 2. The van der Waals surface area contributed by atoms with Crippen LogP contribution in [-0.2, 0) is 6.54 Å². The van der Waals surface area contributed by atoms with Crippen LogP contribution in [0.25, 0.3) is 10.9 Å². The first kappa shape index (κ1) is 13.7. The van der Waals surface area contributed by atoms with Crippen molar-refractivity contribution in [1.29, 1.82) is 0 Å². The van der Waals surface area contributed by atoms with Gasteiger partial charge in [-0.3, -0.25) is 4.98 Å². The van der Waals surface area contributed by atoms with Crippen molar-refractivity contribution in [2.75, 3.05) is 4.43 Å². The molecule has 0 aliphatic rings. The van der Waals surface area contributed by atoms with Crippen LogP contribution in [0.3, 0.4) is 0 Å². The van der Waals surface area contributed by atoms with Gasteiger partial charge >= 0.3 is 0 Å². The van der Waals surface area contributed by atoms with Crippen molar-refractivity contribution in [3.05, 3.63) is 42.1 Å². The fraction of sp³-hybridized carbons (Fsp3) is 0.400. The summed E-state index contributed by atoms with van der Waals surface area (Å²) >= 11 is 2.44. The normalized spacial score (nSPS) is 13.1. The fourth-order valence-corrected chi connectivity index (χ4v) is 3.24. The number of hydrogen-bond donors (Lipinski definition) is 1. The average molecular weight is 354 g/mol. The van der Waals surface area contributed by atoms with Gasteiger partial charge in [0.05, 0.1) is 11.2 Å². The number of benzene rings is 1. The SMILES string of the molecule is CC(C)C(CI)NCc1ccc2ccccc2n1. The fourth-order valence-electron chi connectivity index (χ4n) is 1.91. The molecule has 1 atom stereocenters. The maximum atomic E-state index is 4.68. The minimum absolute atomic E-state index is 0.555. The Balaban J connectivity index is 2.07. The van der Waals surface area contributed by atoms with Crippen molar-refractivity contribution in [2.24, 2.45) is 5.92 Å². The van der Waals surface area contributed by atoms with Crippen LogP contribution in [0.4, 0.5) is 0 Å². The Kier molecular flexibility index (Phi) is 4.95. The van der Waals surface area contributed by atoms with Crippen molar-refractivity contribution in [2.45, 2.75) is 26.4 Å². The van der Waals surface area contributed by atoms with Crippen LogP contribution >= 0.6 is 22.6 Å². The lowest BCUT2D eigenvalue weighted by atomic mass is 10.1. The molecular formula is C15H19IN2. The standard InChI is InChI=1S/C15H19IN2/c1-11(2)15(9-16)17-10-13-8-7-12-5-3-4-6-14(12)18-13/h3-8,11,15,17H,9-10H2,1-2H3. The Morgan fingerprint density at radius 3 is 2.67 bits per heavy atom. The first-order chi connectivity index (χ1) is 8.70. The summed E-state index contributed by atoms with van der Waals surface area (Å²) in [5.74, 6) is 0.655. The Hall–Kier alpha value is -0.680. The third-order valence-electron chi connectivity index (χ3n) is 3.17. The second kappa shape index (κ2) is 6.48. The zero-order valence-electron chi connectivity index (χ0n) is 10.9. The molecular weight excluding hydrogens is 335 g/mol. The van der Waals surface area contributed by atoms with Gasteiger partial charge in [0.1, 0.15) is 0 Å².